The average molecular weight is 246 g/mol. The zero-order chi connectivity index (χ0) is 13.5. The van der Waals surface area contributed by atoms with Crippen molar-refractivity contribution in [1.29, 1.82) is 0 Å². The number of methoxy groups -OCH3 is 2. The fourth-order valence-electron chi connectivity index (χ4n) is 1.68. The molecule has 0 heterocycles. The Hall–Kier alpha value is -0.160. The van der Waals surface area contributed by atoms with Crippen LogP contribution in [0.25, 0.3) is 0 Å². The van der Waals surface area contributed by atoms with Gasteiger partial charge >= 0.3 is 0 Å². The van der Waals surface area contributed by atoms with Crippen molar-refractivity contribution in [3.8, 4) is 0 Å². The van der Waals surface area contributed by atoms with Crippen LogP contribution in [0, 0.1) is 5.41 Å². The standard InChI is InChI=1S/C13H30N2O2/c1-11(9-17-6)15(7-8-16-5)10-13(3,4)12(2)14/h11-12H,7-10,14H2,1-6H3. The second-order valence-corrected chi connectivity index (χ2v) is 5.54. The van der Waals surface area contributed by atoms with Gasteiger partial charge in [-0.05, 0) is 19.3 Å². The highest BCUT2D eigenvalue weighted by Crippen LogP contribution is 2.21. The molecule has 0 aliphatic heterocycles. The maximum atomic E-state index is 6.03. The number of nitrogens with two attached hydrogens (primary N) is 1. The van der Waals surface area contributed by atoms with Gasteiger partial charge in [0, 0.05) is 39.4 Å². The van der Waals surface area contributed by atoms with E-state index in [0.29, 0.717) is 6.04 Å². The molecule has 104 valence electrons. The van der Waals surface area contributed by atoms with Gasteiger partial charge in [0.2, 0.25) is 0 Å². The van der Waals surface area contributed by atoms with Gasteiger partial charge in [-0.1, -0.05) is 13.8 Å². The number of ether oxygens (including phenoxy) is 2. The summed E-state index contributed by atoms with van der Waals surface area (Å²) in [6.45, 7) is 12.0. The largest absolute Gasteiger partial charge is 0.383 e. The van der Waals surface area contributed by atoms with E-state index in [2.05, 4.69) is 32.6 Å². The Kier molecular flexibility index (Phi) is 7.96. The Labute approximate surface area is 106 Å². The van der Waals surface area contributed by atoms with Crippen molar-refractivity contribution >= 4 is 0 Å². The van der Waals surface area contributed by atoms with Crippen LogP contribution in [-0.4, -0.2) is 57.5 Å². The first-order chi connectivity index (χ1) is 7.85. The van der Waals surface area contributed by atoms with Gasteiger partial charge in [0.15, 0.2) is 0 Å². The summed E-state index contributed by atoms with van der Waals surface area (Å²) in [5.41, 5.74) is 6.13. The predicted molar refractivity (Wildman–Crippen MR) is 72.2 cm³/mol. The molecule has 0 aromatic rings. The third-order valence-corrected chi connectivity index (χ3v) is 3.46. The summed E-state index contributed by atoms with van der Waals surface area (Å²) in [7, 11) is 3.47. The Morgan fingerprint density at radius 2 is 1.76 bits per heavy atom. The van der Waals surface area contributed by atoms with E-state index in [1.165, 1.54) is 0 Å². The zero-order valence-corrected chi connectivity index (χ0v) is 12.3. The van der Waals surface area contributed by atoms with Gasteiger partial charge in [-0.15, -0.1) is 0 Å². The van der Waals surface area contributed by atoms with Crippen molar-refractivity contribution in [3.05, 3.63) is 0 Å². The Bertz CT molecular complexity index is 196. The van der Waals surface area contributed by atoms with E-state index >= 15 is 0 Å². The van der Waals surface area contributed by atoms with E-state index in [-0.39, 0.29) is 11.5 Å². The second kappa shape index (κ2) is 8.03. The summed E-state index contributed by atoms with van der Waals surface area (Å²) in [5, 5.41) is 0. The lowest BCUT2D eigenvalue weighted by Gasteiger charge is -2.38. The van der Waals surface area contributed by atoms with Crippen LogP contribution in [0.4, 0.5) is 0 Å². The van der Waals surface area contributed by atoms with Crippen LogP contribution in [0.5, 0.6) is 0 Å². The van der Waals surface area contributed by atoms with Gasteiger partial charge < -0.3 is 15.2 Å². The number of hydrogen-bond donors (Lipinski definition) is 1. The van der Waals surface area contributed by atoms with Gasteiger partial charge in [-0.3, -0.25) is 4.90 Å². The fourth-order valence-corrected chi connectivity index (χ4v) is 1.68. The Balaban J connectivity index is 4.46. The van der Waals surface area contributed by atoms with E-state index in [1.807, 2.05) is 0 Å². The molecule has 0 aliphatic rings. The lowest BCUT2D eigenvalue weighted by atomic mass is 9.85. The molecule has 0 aromatic heterocycles. The van der Waals surface area contributed by atoms with Gasteiger partial charge in [-0.2, -0.15) is 0 Å². The molecule has 0 bridgehead atoms. The van der Waals surface area contributed by atoms with E-state index < -0.39 is 0 Å². The number of hydrogen-bond acceptors (Lipinski definition) is 4. The molecule has 2 unspecified atom stereocenters. The second-order valence-electron chi connectivity index (χ2n) is 5.54. The van der Waals surface area contributed by atoms with Gasteiger partial charge in [0.05, 0.1) is 13.2 Å². The van der Waals surface area contributed by atoms with Crippen LogP contribution in [0.15, 0.2) is 0 Å². The number of rotatable bonds is 9. The number of nitrogens with zero attached hydrogens (tertiary/aromatic N) is 1. The molecule has 0 aliphatic carbocycles. The molecule has 2 atom stereocenters. The lowest BCUT2D eigenvalue weighted by molar-refractivity contribution is 0.0464. The molecule has 0 radical (unpaired) electrons. The maximum Gasteiger partial charge on any atom is 0.0615 e. The van der Waals surface area contributed by atoms with Gasteiger partial charge in [0.1, 0.15) is 0 Å². The summed E-state index contributed by atoms with van der Waals surface area (Å²) in [5.74, 6) is 0. The predicted octanol–water partition coefficient (Wildman–Crippen LogP) is 1.34. The molecule has 0 aromatic carbocycles. The van der Waals surface area contributed by atoms with Crippen molar-refractivity contribution in [1.82, 2.24) is 4.90 Å². The quantitative estimate of drug-likeness (QED) is 0.667. The molecule has 17 heavy (non-hydrogen) atoms. The minimum atomic E-state index is 0.0930. The first-order valence-corrected chi connectivity index (χ1v) is 6.32. The maximum absolute atomic E-state index is 6.03. The monoisotopic (exact) mass is 246 g/mol. The highest BCUT2D eigenvalue weighted by molar-refractivity contribution is 4.83. The fraction of sp³-hybridized carbons (Fsp3) is 1.00. The van der Waals surface area contributed by atoms with Crippen LogP contribution >= 0.6 is 0 Å². The molecule has 0 spiro atoms. The van der Waals surface area contributed by atoms with Crippen molar-refractivity contribution in [2.75, 3.05) is 40.5 Å². The van der Waals surface area contributed by atoms with E-state index in [9.17, 15) is 0 Å². The van der Waals surface area contributed by atoms with Crippen LogP contribution in [-0.2, 0) is 9.47 Å². The van der Waals surface area contributed by atoms with Crippen molar-refractivity contribution < 1.29 is 9.47 Å². The molecule has 0 saturated carbocycles. The molecular formula is C13H30N2O2. The van der Waals surface area contributed by atoms with Crippen LogP contribution in [0.2, 0.25) is 0 Å². The minimum Gasteiger partial charge on any atom is -0.383 e. The molecule has 0 rings (SSSR count). The SMILES string of the molecule is COCCN(CC(C)(C)C(C)N)C(C)COC. The zero-order valence-electron chi connectivity index (χ0n) is 12.3. The van der Waals surface area contributed by atoms with Gasteiger partial charge in [-0.25, -0.2) is 0 Å². The van der Waals surface area contributed by atoms with Gasteiger partial charge in [0.25, 0.3) is 0 Å². The molecular weight excluding hydrogens is 216 g/mol. The summed E-state index contributed by atoms with van der Waals surface area (Å²) >= 11 is 0. The first kappa shape index (κ1) is 16.8. The molecule has 0 saturated heterocycles. The van der Waals surface area contributed by atoms with E-state index in [4.69, 9.17) is 15.2 Å². The summed E-state index contributed by atoms with van der Waals surface area (Å²) in [4.78, 5) is 2.39. The third kappa shape index (κ3) is 6.36. The average Bonchev–Trinajstić information content (AvgIpc) is 2.24. The third-order valence-electron chi connectivity index (χ3n) is 3.46. The first-order valence-electron chi connectivity index (χ1n) is 6.32. The smallest absolute Gasteiger partial charge is 0.0615 e. The van der Waals surface area contributed by atoms with Crippen molar-refractivity contribution in [2.24, 2.45) is 11.1 Å². The Morgan fingerprint density at radius 3 is 2.18 bits per heavy atom. The van der Waals surface area contributed by atoms with Crippen LogP contribution < -0.4 is 5.73 Å². The highest BCUT2D eigenvalue weighted by Gasteiger charge is 2.27. The molecule has 0 amide bonds. The van der Waals surface area contributed by atoms with E-state index in [0.717, 1.165) is 26.3 Å². The van der Waals surface area contributed by atoms with E-state index in [1.54, 1.807) is 14.2 Å². The summed E-state index contributed by atoms with van der Waals surface area (Å²) < 4.78 is 10.4. The molecule has 4 nitrogen and oxygen atoms in total. The molecule has 2 N–H and O–H groups in total. The van der Waals surface area contributed by atoms with Crippen molar-refractivity contribution in [3.63, 3.8) is 0 Å². The topological polar surface area (TPSA) is 47.7 Å². The minimum absolute atomic E-state index is 0.0930. The summed E-state index contributed by atoms with van der Waals surface area (Å²) in [6.07, 6.45) is 0. The van der Waals surface area contributed by atoms with Crippen LogP contribution in [0.1, 0.15) is 27.7 Å². The Morgan fingerprint density at radius 1 is 1.18 bits per heavy atom. The lowest BCUT2D eigenvalue weighted by Crippen LogP contribution is -2.49. The molecule has 0 fully saturated rings. The normalized spacial score (nSPS) is 16.2. The summed E-state index contributed by atoms with van der Waals surface area (Å²) in [6, 6.07) is 0.551. The van der Waals surface area contributed by atoms with Crippen molar-refractivity contribution in [2.45, 2.75) is 39.8 Å². The molecule has 4 heteroatoms. The van der Waals surface area contributed by atoms with Crippen LogP contribution in [0.3, 0.4) is 0 Å². The highest BCUT2D eigenvalue weighted by atomic mass is 16.5.